The Labute approximate surface area is 183 Å². The number of fused-ring (bicyclic) bond motifs is 6. The van der Waals surface area contributed by atoms with Crippen molar-refractivity contribution >= 4 is 21.5 Å². The maximum absolute atomic E-state index is 5.89. The fourth-order valence-corrected chi connectivity index (χ4v) is 4.87. The Balaban J connectivity index is 2.18. The lowest BCUT2D eigenvalue weighted by Gasteiger charge is -2.31. The smallest absolute Gasteiger partial charge is 0.203 e. The Hall–Kier alpha value is -2.86. The van der Waals surface area contributed by atoms with Crippen LogP contribution in [0.2, 0.25) is 0 Å². The average molecular weight is 426 g/mol. The van der Waals surface area contributed by atoms with Gasteiger partial charge in [-0.05, 0) is 64.9 Å². The van der Waals surface area contributed by atoms with E-state index in [9.17, 15) is 0 Å². The number of hydrogen-bond acceptors (Lipinski definition) is 6. The summed E-state index contributed by atoms with van der Waals surface area (Å²) in [4.78, 5) is 2.52. The number of rotatable bonds is 7. The minimum absolute atomic E-state index is 0.594. The lowest BCUT2D eigenvalue weighted by Crippen LogP contribution is -2.31. The van der Waals surface area contributed by atoms with E-state index in [-0.39, 0.29) is 0 Å². The van der Waals surface area contributed by atoms with Crippen LogP contribution in [0.25, 0.3) is 21.5 Å². The fraction of sp³-hybridized carbons (Fsp3) is 0.440. The van der Waals surface area contributed by atoms with Crippen molar-refractivity contribution in [3.8, 4) is 28.7 Å². The van der Waals surface area contributed by atoms with Crippen molar-refractivity contribution in [2.75, 3.05) is 48.6 Å². The topological polar surface area (TPSA) is 49.4 Å². The van der Waals surface area contributed by atoms with Gasteiger partial charge in [-0.1, -0.05) is 6.92 Å². The van der Waals surface area contributed by atoms with Crippen LogP contribution in [-0.2, 0) is 13.0 Å². The number of methoxy groups -OCH3 is 5. The van der Waals surface area contributed by atoms with Gasteiger partial charge in [0.1, 0.15) is 0 Å². The van der Waals surface area contributed by atoms with Crippen LogP contribution in [0.5, 0.6) is 28.7 Å². The molecule has 6 nitrogen and oxygen atoms in total. The summed E-state index contributed by atoms with van der Waals surface area (Å²) in [6, 6.07) is 6.23. The van der Waals surface area contributed by atoms with Gasteiger partial charge in [0.2, 0.25) is 5.75 Å². The van der Waals surface area contributed by atoms with Gasteiger partial charge in [0.05, 0.1) is 35.5 Å². The number of nitrogens with zero attached hydrogens (tertiary/aromatic N) is 1. The second kappa shape index (κ2) is 8.71. The van der Waals surface area contributed by atoms with Crippen LogP contribution in [-0.4, -0.2) is 53.5 Å². The molecule has 1 heterocycles. The molecule has 3 aromatic carbocycles. The van der Waals surface area contributed by atoms with Gasteiger partial charge < -0.3 is 23.7 Å². The Morgan fingerprint density at radius 2 is 1.32 bits per heavy atom. The van der Waals surface area contributed by atoms with Crippen LogP contribution in [0, 0.1) is 0 Å². The monoisotopic (exact) mass is 425 g/mol. The molecule has 0 N–H and O–H groups in total. The van der Waals surface area contributed by atoms with Gasteiger partial charge in [-0.2, -0.15) is 0 Å². The third-order valence-corrected chi connectivity index (χ3v) is 6.24. The summed E-state index contributed by atoms with van der Waals surface area (Å²) in [6.07, 6.45) is 2.10. The molecule has 3 aromatic rings. The summed E-state index contributed by atoms with van der Waals surface area (Å²) in [7, 11) is 8.31. The van der Waals surface area contributed by atoms with Gasteiger partial charge in [-0.3, -0.25) is 4.90 Å². The van der Waals surface area contributed by atoms with E-state index >= 15 is 0 Å². The second-order valence-corrected chi connectivity index (χ2v) is 7.80. The molecular weight excluding hydrogens is 394 g/mol. The van der Waals surface area contributed by atoms with Crippen LogP contribution in [0.1, 0.15) is 24.5 Å². The molecule has 1 aliphatic heterocycles. The lowest BCUT2D eigenvalue weighted by molar-refractivity contribution is 0.256. The highest BCUT2D eigenvalue weighted by molar-refractivity contribution is 6.16. The third kappa shape index (κ3) is 3.39. The summed E-state index contributed by atoms with van der Waals surface area (Å²) in [5.41, 5.74) is 2.67. The first kappa shape index (κ1) is 21.4. The van der Waals surface area contributed by atoms with Crippen LogP contribution >= 0.6 is 0 Å². The molecule has 0 aliphatic carbocycles. The summed E-state index contributed by atoms with van der Waals surface area (Å²) in [5.74, 6) is 3.35. The van der Waals surface area contributed by atoms with Crippen LogP contribution in [0.4, 0.5) is 0 Å². The third-order valence-electron chi connectivity index (χ3n) is 6.24. The van der Waals surface area contributed by atoms with Gasteiger partial charge in [0.15, 0.2) is 23.0 Å². The summed E-state index contributed by atoms with van der Waals surface area (Å²) < 4.78 is 28.5. The normalized spacial score (nSPS) is 13.9. The van der Waals surface area contributed by atoms with E-state index in [2.05, 4.69) is 24.0 Å². The van der Waals surface area contributed by atoms with E-state index < -0.39 is 0 Å². The zero-order valence-corrected chi connectivity index (χ0v) is 19.3. The summed E-state index contributed by atoms with van der Waals surface area (Å²) >= 11 is 0. The van der Waals surface area contributed by atoms with E-state index in [4.69, 9.17) is 23.7 Å². The molecule has 4 rings (SSSR count). The maximum Gasteiger partial charge on any atom is 0.203 e. The molecule has 0 fully saturated rings. The van der Waals surface area contributed by atoms with Gasteiger partial charge in [-0.15, -0.1) is 0 Å². The first-order chi connectivity index (χ1) is 15.1. The van der Waals surface area contributed by atoms with Gasteiger partial charge in [-0.25, -0.2) is 0 Å². The highest BCUT2D eigenvalue weighted by Gasteiger charge is 2.27. The van der Waals surface area contributed by atoms with Crippen LogP contribution in [0.3, 0.4) is 0 Å². The molecule has 0 saturated heterocycles. The quantitative estimate of drug-likeness (QED) is 0.507. The molecule has 0 radical (unpaired) electrons. The summed E-state index contributed by atoms with van der Waals surface area (Å²) in [6.45, 7) is 5.25. The largest absolute Gasteiger partial charge is 0.493 e. The molecule has 0 saturated carbocycles. The standard InChI is InChI=1S/C25H31NO5/c1-7-9-26-10-8-15-17-13-22(29-4)24(30-5)25(31-6)23(17)18-12-21(28-3)20(27-2)11-16(18)19(15)14-26/h11-13H,7-10,14H2,1-6H3. The molecule has 1 aliphatic rings. The minimum atomic E-state index is 0.594. The summed E-state index contributed by atoms with van der Waals surface area (Å²) in [5, 5.41) is 4.37. The predicted molar refractivity (Wildman–Crippen MR) is 123 cm³/mol. The van der Waals surface area contributed by atoms with Crippen molar-refractivity contribution in [2.45, 2.75) is 26.3 Å². The first-order valence-corrected chi connectivity index (χ1v) is 10.7. The van der Waals surface area contributed by atoms with Crippen molar-refractivity contribution in [3.63, 3.8) is 0 Å². The molecule has 0 amide bonds. The highest BCUT2D eigenvalue weighted by atomic mass is 16.5. The predicted octanol–water partition coefficient (Wildman–Crippen LogP) is 4.80. The Morgan fingerprint density at radius 3 is 1.90 bits per heavy atom. The Morgan fingerprint density at radius 1 is 0.710 bits per heavy atom. The first-order valence-electron chi connectivity index (χ1n) is 10.7. The van der Waals surface area contributed by atoms with E-state index in [0.29, 0.717) is 23.0 Å². The molecular formula is C25H31NO5. The molecule has 0 aromatic heterocycles. The van der Waals surface area contributed by atoms with Gasteiger partial charge >= 0.3 is 0 Å². The number of ether oxygens (including phenoxy) is 5. The van der Waals surface area contributed by atoms with Crippen molar-refractivity contribution in [2.24, 2.45) is 0 Å². The zero-order valence-electron chi connectivity index (χ0n) is 19.3. The number of benzene rings is 3. The molecule has 0 unspecified atom stereocenters. The molecule has 0 atom stereocenters. The van der Waals surface area contributed by atoms with Gasteiger partial charge in [0.25, 0.3) is 0 Å². The van der Waals surface area contributed by atoms with Crippen molar-refractivity contribution < 1.29 is 23.7 Å². The van der Waals surface area contributed by atoms with Crippen molar-refractivity contribution in [3.05, 3.63) is 29.3 Å². The molecule has 6 heteroatoms. The van der Waals surface area contributed by atoms with Crippen molar-refractivity contribution in [1.29, 1.82) is 0 Å². The minimum Gasteiger partial charge on any atom is -0.493 e. The van der Waals surface area contributed by atoms with E-state index in [1.807, 2.05) is 6.07 Å². The average Bonchev–Trinajstić information content (AvgIpc) is 2.81. The molecule has 166 valence electrons. The van der Waals surface area contributed by atoms with Crippen LogP contribution in [0.15, 0.2) is 18.2 Å². The fourth-order valence-electron chi connectivity index (χ4n) is 4.87. The number of hydrogen-bond donors (Lipinski definition) is 0. The second-order valence-electron chi connectivity index (χ2n) is 7.80. The Bertz CT molecular complexity index is 1120. The van der Waals surface area contributed by atoms with Gasteiger partial charge in [0, 0.05) is 18.5 Å². The van der Waals surface area contributed by atoms with E-state index in [1.165, 1.54) is 11.1 Å². The lowest BCUT2D eigenvalue weighted by atomic mass is 9.86. The van der Waals surface area contributed by atoms with Crippen molar-refractivity contribution in [1.82, 2.24) is 4.90 Å². The molecule has 0 bridgehead atoms. The highest BCUT2D eigenvalue weighted by Crippen LogP contribution is 2.50. The van der Waals surface area contributed by atoms with E-state index in [0.717, 1.165) is 59.8 Å². The SMILES string of the molecule is CCCN1CCc2c(c3cc(OC)c(OC)cc3c3c(OC)c(OC)c(OC)cc23)C1. The molecule has 0 spiro atoms. The van der Waals surface area contributed by atoms with Crippen LogP contribution < -0.4 is 23.7 Å². The maximum atomic E-state index is 5.89. The van der Waals surface area contributed by atoms with E-state index in [1.54, 1.807) is 35.5 Å². The zero-order chi connectivity index (χ0) is 22.1. The Kier molecular flexibility index (Phi) is 6.01. The molecule has 31 heavy (non-hydrogen) atoms.